The van der Waals surface area contributed by atoms with E-state index < -0.39 is 20.7 Å². The van der Waals surface area contributed by atoms with Crippen LogP contribution >= 0.6 is 27.5 Å². The molecule has 0 amide bonds. The molecular formula is C13H11BrClFN2O2S. The summed E-state index contributed by atoms with van der Waals surface area (Å²) in [5, 5.41) is 0.209. The van der Waals surface area contributed by atoms with Crippen molar-refractivity contribution in [3.05, 3.63) is 57.3 Å². The van der Waals surface area contributed by atoms with Crippen molar-refractivity contribution in [2.24, 2.45) is 5.73 Å². The Hall–Kier alpha value is -1.15. The monoisotopic (exact) mass is 392 g/mol. The third-order valence-electron chi connectivity index (χ3n) is 2.69. The van der Waals surface area contributed by atoms with Gasteiger partial charge < -0.3 is 5.73 Å². The molecule has 0 saturated heterocycles. The molecule has 2 aromatic carbocycles. The normalized spacial score (nSPS) is 11.4. The molecule has 0 bridgehead atoms. The molecular weight excluding hydrogens is 383 g/mol. The third-order valence-corrected chi connectivity index (χ3v) is 4.92. The van der Waals surface area contributed by atoms with Gasteiger partial charge in [0, 0.05) is 11.0 Å². The fourth-order valence-corrected chi connectivity index (χ4v) is 3.38. The van der Waals surface area contributed by atoms with Crippen molar-refractivity contribution in [2.75, 3.05) is 4.72 Å². The second kappa shape index (κ2) is 6.31. The molecule has 8 heteroatoms. The van der Waals surface area contributed by atoms with Crippen LogP contribution in [0.2, 0.25) is 5.02 Å². The maximum atomic E-state index is 13.9. The quantitative estimate of drug-likeness (QED) is 0.835. The van der Waals surface area contributed by atoms with E-state index in [4.69, 9.17) is 17.3 Å². The van der Waals surface area contributed by atoms with Gasteiger partial charge in [-0.05, 0) is 35.9 Å². The topological polar surface area (TPSA) is 72.2 Å². The van der Waals surface area contributed by atoms with Crippen molar-refractivity contribution >= 4 is 43.2 Å². The molecule has 2 rings (SSSR count). The maximum Gasteiger partial charge on any atom is 0.264 e. The van der Waals surface area contributed by atoms with Crippen molar-refractivity contribution in [1.29, 1.82) is 0 Å². The lowest BCUT2D eigenvalue weighted by Gasteiger charge is -2.11. The van der Waals surface area contributed by atoms with Crippen molar-refractivity contribution in [3.8, 4) is 0 Å². The highest BCUT2D eigenvalue weighted by atomic mass is 79.9. The molecule has 21 heavy (non-hydrogen) atoms. The van der Waals surface area contributed by atoms with Gasteiger partial charge in [-0.3, -0.25) is 4.72 Å². The Kier molecular flexibility index (Phi) is 4.88. The number of sulfonamides is 1. The molecule has 0 radical (unpaired) electrons. The molecule has 0 aliphatic rings. The Morgan fingerprint density at radius 1 is 1.24 bits per heavy atom. The second-order valence-corrected chi connectivity index (χ2v) is 7.17. The number of nitrogens with two attached hydrogens (primary N) is 1. The molecule has 0 aliphatic heterocycles. The highest BCUT2D eigenvalue weighted by Crippen LogP contribution is 2.28. The third kappa shape index (κ3) is 3.74. The lowest BCUT2D eigenvalue weighted by Crippen LogP contribution is -2.15. The first-order valence-corrected chi connectivity index (χ1v) is 8.45. The van der Waals surface area contributed by atoms with Gasteiger partial charge in [-0.15, -0.1) is 0 Å². The van der Waals surface area contributed by atoms with Crippen LogP contribution in [0.15, 0.2) is 45.8 Å². The Morgan fingerprint density at radius 3 is 2.57 bits per heavy atom. The van der Waals surface area contributed by atoms with E-state index in [0.717, 1.165) is 6.07 Å². The Labute approximate surface area is 135 Å². The lowest BCUT2D eigenvalue weighted by atomic mass is 10.2. The van der Waals surface area contributed by atoms with Crippen LogP contribution in [0.5, 0.6) is 0 Å². The van der Waals surface area contributed by atoms with Gasteiger partial charge in [0.25, 0.3) is 10.0 Å². The first kappa shape index (κ1) is 16.2. The minimum absolute atomic E-state index is 0.127. The summed E-state index contributed by atoms with van der Waals surface area (Å²) in [6.45, 7) is 0.127. The molecule has 0 spiro atoms. The average molecular weight is 394 g/mol. The van der Waals surface area contributed by atoms with E-state index in [1.807, 2.05) is 0 Å². The van der Waals surface area contributed by atoms with Gasteiger partial charge in [-0.2, -0.15) is 0 Å². The van der Waals surface area contributed by atoms with Gasteiger partial charge in [0.2, 0.25) is 0 Å². The van der Waals surface area contributed by atoms with Gasteiger partial charge >= 0.3 is 0 Å². The number of rotatable bonds is 4. The summed E-state index contributed by atoms with van der Waals surface area (Å²) in [4.78, 5) is -0.462. The SMILES string of the molecule is NCc1ccc(S(=O)(=O)Nc2cc(Br)ccc2Cl)c(F)c1. The summed E-state index contributed by atoms with van der Waals surface area (Å²) in [5.41, 5.74) is 6.05. The largest absolute Gasteiger partial charge is 0.326 e. The smallest absolute Gasteiger partial charge is 0.264 e. The van der Waals surface area contributed by atoms with E-state index >= 15 is 0 Å². The molecule has 0 atom stereocenters. The Bertz CT molecular complexity index is 784. The van der Waals surface area contributed by atoms with E-state index in [-0.39, 0.29) is 17.3 Å². The fourth-order valence-electron chi connectivity index (χ4n) is 1.66. The van der Waals surface area contributed by atoms with Gasteiger partial charge in [-0.1, -0.05) is 33.6 Å². The molecule has 4 nitrogen and oxygen atoms in total. The number of hydrogen-bond acceptors (Lipinski definition) is 3. The molecule has 0 unspecified atom stereocenters. The van der Waals surface area contributed by atoms with Gasteiger partial charge in [0.15, 0.2) is 0 Å². The van der Waals surface area contributed by atoms with Crippen LogP contribution in [-0.2, 0) is 16.6 Å². The van der Waals surface area contributed by atoms with Crippen molar-refractivity contribution < 1.29 is 12.8 Å². The standard InChI is InChI=1S/C13H11BrClFN2O2S/c14-9-2-3-10(15)12(6-9)18-21(19,20)13-4-1-8(7-17)5-11(13)16/h1-6,18H,7,17H2. The molecule has 0 fully saturated rings. The van der Waals surface area contributed by atoms with Crippen LogP contribution in [0.25, 0.3) is 0 Å². The van der Waals surface area contributed by atoms with Crippen LogP contribution in [0, 0.1) is 5.82 Å². The van der Waals surface area contributed by atoms with Crippen molar-refractivity contribution in [2.45, 2.75) is 11.4 Å². The highest BCUT2D eigenvalue weighted by molar-refractivity contribution is 9.10. The molecule has 0 saturated carbocycles. The van der Waals surface area contributed by atoms with E-state index in [0.29, 0.717) is 10.0 Å². The number of hydrogen-bond donors (Lipinski definition) is 2. The van der Waals surface area contributed by atoms with Crippen LogP contribution in [-0.4, -0.2) is 8.42 Å². The zero-order valence-corrected chi connectivity index (χ0v) is 13.8. The summed E-state index contributed by atoms with van der Waals surface area (Å²) in [7, 11) is -4.08. The first-order valence-electron chi connectivity index (χ1n) is 5.80. The Morgan fingerprint density at radius 2 is 1.95 bits per heavy atom. The number of halogens is 3. The second-order valence-electron chi connectivity index (χ2n) is 4.20. The molecule has 112 valence electrons. The van der Waals surface area contributed by atoms with E-state index in [9.17, 15) is 12.8 Å². The summed E-state index contributed by atoms with van der Waals surface area (Å²) >= 11 is 9.13. The number of anilines is 1. The highest BCUT2D eigenvalue weighted by Gasteiger charge is 2.20. The van der Waals surface area contributed by atoms with Crippen LogP contribution in [0.1, 0.15) is 5.56 Å². The predicted molar refractivity (Wildman–Crippen MR) is 84.3 cm³/mol. The van der Waals surface area contributed by atoms with Crippen LogP contribution in [0.3, 0.4) is 0 Å². The zero-order valence-electron chi connectivity index (χ0n) is 10.6. The van der Waals surface area contributed by atoms with E-state index in [1.165, 1.54) is 24.3 Å². The molecule has 3 N–H and O–H groups in total. The average Bonchev–Trinajstić information content (AvgIpc) is 2.42. The number of nitrogens with one attached hydrogen (secondary N) is 1. The lowest BCUT2D eigenvalue weighted by molar-refractivity contribution is 0.569. The Balaban J connectivity index is 2.41. The summed E-state index contributed by atoms with van der Waals surface area (Å²) in [6, 6.07) is 8.41. The summed E-state index contributed by atoms with van der Waals surface area (Å²) in [5.74, 6) is -0.864. The minimum atomic E-state index is -4.08. The predicted octanol–water partition coefficient (Wildman–Crippen LogP) is 3.50. The molecule has 0 heterocycles. The summed E-state index contributed by atoms with van der Waals surface area (Å²) < 4.78 is 41.3. The van der Waals surface area contributed by atoms with Crippen LogP contribution < -0.4 is 10.5 Å². The van der Waals surface area contributed by atoms with E-state index in [2.05, 4.69) is 20.7 Å². The van der Waals surface area contributed by atoms with Crippen molar-refractivity contribution in [1.82, 2.24) is 0 Å². The van der Waals surface area contributed by atoms with E-state index in [1.54, 1.807) is 6.07 Å². The van der Waals surface area contributed by atoms with Gasteiger partial charge in [0.05, 0.1) is 10.7 Å². The maximum absolute atomic E-state index is 13.9. The van der Waals surface area contributed by atoms with Crippen LogP contribution in [0.4, 0.5) is 10.1 Å². The van der Waals surface area contributed by atoms with Gasteiger partial charge in [0.1, 0.15) is 10.7 Å². The fraction of sp³-hybridized carbons (Fsp3) is 0.0769. The molecule has 0 aromatic heterocycles. The molecule has 0 aliphatic carbocycles. The first-order chi connectivity index (χ1) is 9.83. The van der Waals surface area contributed by atoms with Crippen molar-refractivity contribution in [3.63, 3.8) is 0 Å². The molecule has 2 aromatic rings. The minimum Gasteiger partial charge on any atom is -0.326 e. The summed E-state index contributed by atoms with van der Waals surface area (Å²) in [6.07, 6.45) is 0. The number of benzene rings is 2. The zero-order chi connectivity index (χ0) is 15.6. The van der Waals surface area contributed by atoms with Gasteiger partial charge in [-0.25, -0.2) is 12.8 Å².